The molecule has 0 bridgehead atoms. The molecule has 0 spiro atoms. The van der Waals surface area contributed by atoms with E-state index in [4.69, 9.17) is 4.74 Å². The molecule has 0 unspecified atom stereocenters. The van der Waals surface area contributed by atoms with Crippen LogP contribution in [0.2, 0.25) is 0 Å². The molecule has 1 aromatic carbocycles. The number of rotatable bonds is 5. The van der Waals surface area contributed by atoms with Crippen molar-refractivity contribution in [3.8, 4) is 0 Å². The average Bonchev–Trinajstić information content (AvgIpc) is 2.55. The second kappa shape index (κ2) is 7.93. The highest BCUT2D eigenvalue weighted by Gasteiger charge is 2.36. The standard InChI is InChI=1S/C17H22BrNO4/c1-23-16(21)13-6-8-17(22,9-7-13)11-19-15(20)10-12-2-4-14(18)5-3-12/h2-5,13,22H,6-11H2,1H3,(H,19,20). The van der Waals surface area contributed by atoms with Gasteiger partial charge in [0.1, 0.15) is 0 Å². The zero-order chi connectivity index (χ0) is 16.9. The van der Waals surface area contributed by atoms with Crippen LogP contribution in [-0.2, 0) is 20.7 Å². The van der Waals surface area contributed by atoms with Gasteiger partial charge >= 0.3 is 5.97 Å². The maximum atomic E-state index is 12.0. The van der Waals surface area contributed by atoms with Crippen molar-refractivity contribution in [2.75, 3.05) is 13.7 Å². The third-order valence-electron chi connectivity index (χ3n) is 4.34. The van der Waals surface area contributed by atoms with E-state index in [1.165, 1.54) is 7.11 Å². The summed E-state index contributed by atoms with van der Waals surface area (Å²) in [6.45, 7) is 0.219. The SMILES string of the molecule is COC(=O)C1CCC(O)(CNC(=O)Cc2ccc(Br)cc2)CC1. The van der Waals surface area contributed by atoms with Gasteiger partial charge in [-0.1, -0.05) is 28.1 Å². The van der Waals surface area contributed by atoms with Crippen molar-refractivity contribution in [2.24, 2.45) is 5.92 Å². The maximum absolute atomic E-state index is 12.0. The zero-order valence-electron chi connectivity index (χ0n) is 13.2. The molecule has 1 aromatic rings. The predicted octanol–water partition coefficient (Wildman–Crippen LogP) is 2.20. The number of nitrogens with one attached hydrogen (secondary N) is 1. The Balaban J connectivity index is 1.77. The molecule has 1 fully saturated rings. The van der Waals surface area contributed by atoms with Crippen LogP contribution in [0.15, 0.2) is 28.7 Å². The van der Waals surface area contributed by atoms with E-state index in [9.17, 15) is 14.7 Å². The second-order valence-corrected chi connectivity index (χ2v) is 7.02. The van der Waals surface area contributed by atoms with Crippen molar-refractivity contribution in [1.29, 1.82) is 0 Å². The molecule has 5 nitrogen and oxygen atoms in total. The largest absolute Gasteiger partial charge is 0.469 e. The van der Waals surface area contributed by atoms with E-state index in [1.807, 2.05) is 24.3 Å². The quantitative estimate of drug-likeness (QED) is 0.764. The van der Waals surface area contributed by atoms with Crippen molar-refractivity contribution in [3.05, 3.63) is 34.3 Å². The van der Waals surface area contributed by atoms with Gasteiger partial charge in [0.05, 0.1) is 25.0 Å². The average molecular weight is 384 g/mol. The Morgan fingerprint density at radius 2 is 1.91 bits per heavy atom. The van der Waals surface area contributed by atoms with Gasteiger partial charge in [-0.15, -0.1) is 0 Å². The summed E-state index contributed by atoms with van der Waals surface area (Å²) in [5.74, 6) is -0.471. The van der Waals surface area contributed by atoms with Gasteiger partial charge in [0.25, 0.3) is 0 Å². The van der Waals surface area contributed by atoms with Gasteiger partial charge in [-0.2, -0.15) is 0 Å². The van der Waals surface area contributed by atoms with Crippen molar-refractivity contribution >= 4 is 27.8 Å². The number of hydrogen-bond acceptors (Lipinski definition) is 4. The molecule has 2 rings (SSSR count). The topological polar surface area (TPSA) is 75.6 Å². The van der Waals surface area contributed by atoms with Gasteiger partial charge in [-0.25, -0.2) is 0 Å². The molecule has 1 aliphatic rings. The lowest BCUT2D eigenvalue weighted by Gasteiger charge is -2.35. The lowest BCUT2D eigenvalue weighted by molar-refractivity contribution is -0.148. The minimum atomic E-state index is -0.931. The number of hydrogen-bond donors (Lipinski definition) is 2. The fourth-order valence-corrected chi connectivity index (χ4v) is 3.11. The second-order valence-electron chi connectivity index (χ2n) is 6.10. The molecule has 6 heteroatoms. The molecule has 0 saturated heterocycles. The van der Waals surface area contributed by atoms with Crippen LogP contribution < -0.4 is 5.32 Å². The number of ether oxygens (including phenoxy) is 1. The summed E-state index contributed by atoms with van der Waals surface area (Å²) in [4.78, 5) is 23.5. The van der Waals surface area contributed by atoms with Gasteiger partial charge in [0.2, 0.25) is 5.91 Å². The molecular formula is C17H22BrNO4. The number of aliphatic hydroxyl groups is 1. The van der Waals surface area contributed by atoms with Crippen LogP contribution in [0.3, 0.4) is 0 Å². The van der Waals surface area contributed by atoms with Gasteiger partial charge in [0, 0.05) is 11.0 Å². The Kier molecular flexibility index (Phi) is 6.18. The van der Waals surface area contributed by atoms with Crippen LogP contribution in [0, 0.1) is 5.92 Å². The monoisotopic (exact) mass is 383 g/mol. The first kappa shape index (κ1) is 17.9. The molecule has 0 radical (unpaired) electrons. The van der Waals surface area contributed by atoms with Crippen molar-refractivity contribution in [3.63, 3.8) is 0 Å². The summed E-state index contributed by atoms with van der Waals surface area (Å²) in [7, 11) is 1.38. The van der Waals surface area contributed by atoms with E-state index < -0.39 is 5.60 Å². The third-order valence-corrected chi connectivity index (χ3v) is 4.87. The first-order valence-corrected chi connectivity index (χ1v) is 8.52. The molecule has 1 saturated carbocycles. The molecule has 1 aliphatic carbocycles. The van der Waals surface area contributed by atoms with E-state index in [1.54, 1.807) is 0 Å². The summed E-state index contributed by atoms with van der Waals surface area (Å²) in [5.41, 5.74) is -0.00743. The molecule has 0 atom stereocenters. The number of esters is 1. The number of carbonyl (C=O) groups excluding carboxylic acids is 2. The summed E-state index contributed by atoms with van der Waals surface area (Å²) < 4.78 is 5.71. The van der Waals surface area contributed by atoms with Gasteiger partial charge < -0.3 is 15.2 Å². The van der Waals surface area contributed by atoms with Gasteiger partial charge in [0.15, 0.2) is 0 Å². The van der Waals surface area contributed by atoms with E-state index in [0.29, 0.717) is 25.7 Å². The zero-order valence-corrected chi connectivity index (χ0v) is 14.8. The van der Waals surface area contributed by atoms with Gasteiger partial charge in [-0.05, 0) is 43.4 Å². The van der Waals surface area contributed by atoms with Crippen LogP contribution in [0.25, 0.3) is 0 Å². The van der Waals surface area contributed by atoms with Gasteiger partial charge in [-0.3, -0.25) is 9.59 Å². The highest BCUT2D eigenvalue weighted by atomic mass is 79.9. The van der Waals surface area contributed by atoms with Crippen molar-refractivity contribution < 1.29 is 19.4 Å². The Hall–Kier alpha value is -1.40. The molecule has 0 heterocycles. The summed E-state index contributed by atoms with van der Waals surface area (Å²) in [6.07, 6.45) is 2.45. The molecular weight excluding hydrogens is 362 g/mol. The van der Waals surface area contributed by atoms with Crippen LogP contribution in [0.1, 0.15) is 31.2 Å². The summed E-state index contributed by atoms with van der Waals surface area (Å²) in [5, 5.41) is 13.3. The molecule has 2 N–H and O–H groups in total. The minimum Gasteiger partial charge on any atom is -0.469 e. The van der Waals surface area contributed by atoms with Crippen molar-refractivity contribution in [2.45, 2.75) is 37.7 Å². The number of benzene rings is 1. The first-order valence-electron chi connectivity index (χ1n) is 7.73. The van der Waals surface area contributed by atoms with E-state index in [-0.39, 0.29) is 30.8 Å². The Morgan fingerprint density at radius 1 is 1.30 bits per heavy atom. The molecule has 0 aromatic heterocycles. The third kappa shape index (κ3) is 5.32. The Bertz CT molecular complexity index is 550. The Morgan fingerprint density at radius 3 is 2.48 bits per heavy atom. The van der Waals surface area contributed by atoms with E-state index in [2.05, 4.69) is 21.2 Å². The highest BCUT2D eigenvalue weighted by molar-refractivity contribution is 9.10. The van der Waals surface area contributed by atoms with Crippen LogP contribution >= 0.6 is 15.9 Å². The molecule has 126 valence electrons. The molecule has 23 heavy (non-hydrogen) atoms. The first-order chi connectivity index (χ1) is 10.9. The van der Waals surface area contributed by atoms with E-state index >= 15 is 0 Å². The van der Waals surface area contributed by atoms with E-state index in [0.717, 1.165) is 10.0 Å². The fourth-order valence-electron chi connectivity index (χ4n) is 2.85. The van der Waals surface area contributed by atoms with Crippen LogP contribution in [-0.4, -0.2) is 36.2 Å². The number of carbonyl (C=O) groups is 2. The smallest absolute Gasteiger partial charge is 0.308 e. The summed E-state index contributed by atoms with van der Waals surface area (Å²) in [6, 6.07) is 7.56. The normalized spacial score (nSPS) is 24.0. The summed E-state index contributed by atoms with van der Waals surface area (Å²) >= 11 is 3.36. The van der Waals surface area contributed by atoms with Crippen LogP contribution in [0.4, 0.5) is 0 Å². The number of amides is 1. The number of methoxy groups -OCH3 is 1. The Labute approximate surface area is 144 Å². The van der Waals surface area contributed by atoms with Crippen LogP contribution in [0.5, 0.6) is 0 Å². The molecule has 1 amide bonds. The number of halogens is 1. The predicted molar refractivity (Wildman–Crippen MR) is 89.8 cm³/mol. The fraction of sp³-hybridized carbons (Fsp3) is 0.529. The molecule has 0 aliphatic heterocycles. The maximum Gasteiger partial charge on any atom is 0.308 e. The highest BCUT2D eigenvalue weighted by Crippen LogP contribution is 2.32. The minimum absolute atomic E-state index is 0.115. The lowest BCUT2D eigenvalue weighted by Crippen LogP contribution is -2.46. The van der Waals surface area contributed by atoms with Crippen molar-refractivity contribution in [1.82, 2.24) is 5.32 Å². The lowest BCUT2D eigenvalue weighted by atomic mass is 9.78.